The van der Waals surface area contributed by atoms with E-state index in [-0.39, 0.29) is 16.0 Å². The molecular formula is C19H11F6NO2S. The van der Waals surface area contributed by atoms with Gasteiger partial charge in [0.2, 0.25) is 0 Å². The summed E-state index contributed by atoms with van der Waals surface area (Å²) in [5.41, 5.74) is -2.63. The topological polar surface area (TPSA) is 46.2 Å². The first-order valence-corrected chi connectivity index (χ1v) is 9.41. The van der Waals surface area contributed by atoms with Crippen molar-refractivity contribution >= 4 is 15.7 Å². The Morgan fingerprint density at radius 3 is 1.97 bits per heavy atom. The summed E-state index contributed by atoms with van der Waals surface area (Å²) in [6.07, 6.45) is -4.95. The predicted molar refractivity (Wildman–Crippen MR) is 94.0 cm³/mol. The van der Waals surface area contributed by atoms with E-state index in [0.29, 0.717) is 24.3 Å². The molecule has 0 radical (unpaired) electrons. The smallest absolute Gasteiger partial charge is 0.279 e. The number of alkyl halides is 3. The van der Waals surface area contributed by atoms with Crippen LogP contribution in [0.1, 0.15) is 5.56 Å². The molecule has 0 atom stereocenters. The molecule has 3 nitrogen and oxygen atoms in total. The van der Waals surface area contributed by atoms with Gasteiger partial charge < -0.3 is 0 Å². The lowest BCUT2D eigenvalue weighted by molar-refractivity contribution is -0.139. The number of hydrogen-bond donors (Lipinski definition) is 1. The number of hydrogen-bond acceptors (Lipinski definition) is 2. The third-order valence-electron chi connectivity index (χ3n) is 3.94. The maximum Gasteiger partial charge on any atom is 0.419 e. The molecule has 0 fully saturated rings. The van der Waals surface area contributed by atoms with E-state index in [2.05, 4.69) is 4.72 Å². The van der Waals surface area contributed by atoms with Crippen LogP contribution in [0.15, 0.2) is 65.6 Å². The summed E-state index contributed by atoms with van der Waals surface area (Å²) in [7, 11) is -4.23. The molecule has 0 unspecified atom stereocenters. The minimum atomic E-state index is -4.95. The molecule has 1 N–H and O–H groups in total. The van der Waals surface area contributed by atoms with Crippen LogP contribution in [0.4, 0.5) is 32.0 Å². The largest absolute Gasteiger partial charge is 0.419 e. The minimum absolute atomic E-state index is 0.186. The summed E-state index contributed by atoms with van der Waals surface area (Å²) in [6.45, 7) is 0. The average Bonchev–Trinajstić information content (AvgIpc) is 2.64. The van der Waals surface area contributed by atoms with E-state index in [1.54, 1.807) is 6.07 Å². The normalized spacial score (nSPS) is 12.1. The van der Waals surface area contributed by atoms with Crippen molar-refractivity contribution < 1.29 is 34.8 Å². The summed E-state index contributed by atoms with van der Waals surface area (Å²) in [6, 6.07) is 9.77. The summed E-state index contributed by atoms with van der Waals surface area (Å²) in [5, 5.41) is 0. The Morgan fingerprint density at radius 1 is 0.759 bits per heavy atom. The van der Waals surface area contributed by atoms with Crippen molar-refractivity contribution in [2.75, 3.05) is 4.72 Å². The van der Waals surface area contributed by atoms with E-state index in [1.165, 1.54) is 24.3 Å². The molecule has 0 aliphatic rings. The fourth-order valence-corrected chi connectivity index (χ4v) is 3.68. The van der Waals surface area contributed by atoms with Gasteiger partial charge in [-0.2, -0.15) is 13.2 Å². The molecule has 0 saturated heterocycles. The Kier molecular flexibility index (Phi) is 5.31. The van der Waals surface area contributed by atoms with Crippen LogP contribution in [-0.2, 0) is 16.2 Å². The highest BCUT2D eigenvalue weighted by atomic mass is 32.2. The Bertz CT molecular complexity index is 1160. The third kappa shape index (κ3) is 4.37. The van der Waals surface area contributed by atoms with Gasteiger partial charge in [0.05, 0.1) is 16.1 Å². The molecule has 0 aromatic heterocycles. The van der Waals surface area contributed by atoms with E-state index in [9.17, 15) is 34.8 Å². The van der Waals surface area contributed by atoms with Gasteiger partial charge in [0.15, 0.2) is 11.6 Å². The quantitative estimate of drug-likeness (QED) is 0.548. The van der Waals surface area contributed by atoms with Crippen LogP contribution in [0.25, 0.3) is 11.1 Å². The number of nitrogens with one attached hydrogen (secondary N) is 1. The van der Waals surface area contributed by atoms with Crippen molar-refractivity contribution in [1.82, 2.24) is 0 Å². The molecular weight excluding hydrogens is 420 g/mol. The molecule has 0 bridgehead atoms. The van der Waals surface area contributed by atoms with E-state index < -0.39 is 44.9 Å². The molecule has 3 aromatic rings. The van der Waals surface area contributed by atoms with Crippen LogP contribution in [0.5, 0.6) is 0 Å². The molecule has 10 heteroatoms. The first-order chi connectivity index (χ1) is 13.5. The monoisotopic (exact) mass is 431 g/mol. The van der Waals surface area contributed by atoms with Gasteiger partial charge >= 0.3 is 6.18 Å². The lowest BCUT2D eigenvalue weighted by Crippen LogP contribution is -2.14. The summed E-state index contributed by atoms with van der Waals surface area (Å²) < 4.78 is 107. The molecule has 3 aromatic carbocycles. The van der Waals surface area contributed by atoms with Gasteiger partial charge in [-0.15, -0.1) is 0 Å². The van der Waals surface area contributed by atoms with E-state index >= 15 is 0 Å². The number of rotatable bonds is 4. The predicted octanol–water partition coefficient (Wildman–Crippen LogP) is 5.59. The zero-order valence-electron chi connectivity index (χ0n) is 14.3. The van der Waals surface area contributed by atoms with Crippen molar-refractivity contribution in [1.29, 1.82) is 0 Å². The lowest BCUT2D eigenvalue weighted by Gasteiger charge is -2.15. The van der Waals surface area contributed by atoms with Crippen LogP contribution >= 0.6 is 0 Å². The Hall–Kier alpha value is -3.01. The summed E-state index contributed by atoms with van der Waals surface area (Å²) in [5.74, 6) is -4.42. The van der Waals surface area contributed by atoms with Crippen LogP contribution in [0.3, 0.4) is 0 Å². The number of halogens is 6. The fourth-order valence-electron chi connectivity index (χ4n) is 2.59. The van der Waals surface area contributed by atoms with Crippen molar-refractivity contribution in [3.05, 3.63) is 83.7 Å². The van der Waals surface area contributed by atoms with Gasteiger partial charge in [0.25, 0.3) is 10.0 Å². The molecule has 0 amide bonds. The maximum absolute atomic E-state index is 13.9. The molecule has 0 aliphatic heterocycles. The molecule has 0 aliphatic carbocycles. The van der Waals surface area contributed by atoms with Crippen molar-refractivity contribution in [2.24, 2.45) is 0 Å². The Balaban J connectivity index is 2.11. The van der Waals surface area contributed by atoms with Gasteiger partial charge in [-0.25, -0.2) is 21.6 Å². The zero-order chi connectivity index (χ0) is 21.4. The molecule has 3 rings (SSSR count). The zero-order valence-corrected chi connectivity index (χ0v) is 15.1. The van der Waals surface area contributed by atoms with Gasteiger partial charge in [-0.3, -0.25) is 4.72 Å². The van der Waals surface area contributed by atoms with E-state index in [1.807, 2.05) is 0 Å². The van der Waals surface area contributed by atoms with Crippen LogP contribution < -0.4 is 4.72 Å². The third-order valence-corrected chi connectivity index (χ3v) is 5.33. The molecule has 152 valence electrons. The van der Waals surface area contributed by atoms with Crippen molar-refractivity contribution in [3.8, 4) is 11.1 Å². The second-order valence-corrected chi connectivity index (χ2v) is 7.61. The molecule has 29 heavy (non-hydrogen) atoms. The first-order valence-electron chi connectivity index (χ1n) is 7.93. The Morgan fingerprint density at radius 2 is 1.38 bits per heavy atom. The van der Waals surface area contributed by atoms with Gasteiger partial charge in [0, 0.05) is 11.6 Å². The second-order valence-electron chi connectivity index (χ2n) is 5.92. The van der Waals surface area contributed by atoms with Crippen LogP contribution in [-0.4, -0.2) is 8.42 Å². The minimum Gasteiger partial charge on any atom is -0.279 e. The van der Waals surface area contributed by atoms with Crippen LogP contribution in [0, 0.1) is 17.5 Å². The van der Waals surface area contributed by atoms with Crippen LogP contribution in [0.2, 0.25) is 0 Å². The lowest BCUT2D eigenvalue weighted by atomic mass is 10.0. The Labute approximate surface area is 161 Å². The second kappa shape index (κ2) is 7.43. The first kappa shape index (κ1) is 20.7. The highest BCUT2D eigenvalue weighted by molar-refractivity contribution is 7.92. The van der Waals surface area contributed by atoms with Crippen molar-refractivity contribution in [2.45, 2.75) is 11.1 Å². The number of benzene rings is 3. The number of anilines is 1. The van der Waals surface area contributed by atoms with Gasteiger partial charge in [0.1, 0.15) is 5.82 Å². The highest BCUT2D eigenvalue weighted by Crippen LogP contribution is 2.36. The van der Waals surface area contributed by atoms with Crippen molar-refractivity contribution in [3.63, 3.8) is 0 Å². The molecule has 0 spiro atoms. The van der Waals surface area contributed by atoms with Gasteiger partial charge in [-0.1, -0.05) is 24.3 Å². The number of sulfonamides is 1. The highest BCUT2D eigenvalue weighted by Gasteiger charge is 2.34. The summed E-state index contributed by atoms with van der Waals surface area (Å²) >= 11 is 0. The molecule has 0 saturated carbocycles. The van der Waals surface area contributed by atoms with E-state index in [4.69, 9.17) is 0 Å². The maximum atomic E-state index is 13.9. The molecule has 0 heterocycles. The van der Waals surface area contributed by atoms with E-state index in [0.717, 1.165) is 6.07 Å². The fraction of sp³-hybridized carbons (Fsp3) is 0.0526. The standard InChI is InChI=1S/C19H11F6NO2S/c20-15-8-11(6-7-14(15)19(23,24)25)13-9-16(21)17(22)10-18(13)26-29(27,28)12-4-2-1-3-5-12/h1-10,26H. The average molecular weight is 431 g/mol. The van der Waals surface area contributed by atoms with Gasteiger partial charge in [-0.05, 0) is 35.9 Å². The summed E-state index contributed by atoms with van der Waals surface area (Å²) in [4.78, 5) is -0.186. The SMILES string of the molecule is O=S(=O)(Nc1cc(F)c(F)cc1-c1ccc(C(F)(F)F)c(F)c1)c1ccccc1.